The monoisotopic (exact) mass is 534 g/mol. The Morgan fingerprint density at radius 2 is 1.90 bits per heavy atom. The van der Waals surface area contributed by atoms with Crippen molar-refractivity contribution in [3.8, 4) is 17.4 Å². The topological polar surface area (TPSA) is 148 Å². The van der Waals surface area contributed by atoms with Gasteiger partial charge in [-0.15, -0.1) is 9.78 Å². The molecule has 0 amide bonds. The third kappa shape index (κ3) is 6.47. The first-order chi connectivity index (χ1) is 18.7. The quantitative estimate of drug-likeness (QED) is 0.196. The third-order valence-corrected chi connectivity index (χ3v) is 6.01. The maximum absolute atomic E-state index is 16.1. The highest BCUT2D eigenvalue weighted by Crippen LogP contribution is 2.36. The van der Waals surface area contributed by atoms with Crippen LogP contribution in [0.4, 0.5) is 4.39 Å². The predicted octanol–water partition coefficient (Wildman–Crippen LogP) is 2.49. The molecule has 4 rings (SSSR count). The Labute approximate surface area is 224 Å². The number of aromatic amines is 1. The molecule has 0 radical (unpaired) electrons. The van der Waals surface area contributed by atoms with Crippen LogP contribution in [0.15, 0.2) is 59.7 Å². The Morgan fingerprint density at radius 3 is 2.51 bits per heavy atom. The molecule has 0 aliphatic rings. The van der Waals surface area contributed by atoms with Gasteiger partial charge in [-0.05, 0) is 45.1 Å². The van der Waals surface area contributed by atoms with Crippen LogP contribution < -0.4 is 20.9 Å². The van der Waals surface area contributed by atoms with Gasteiger partial charge in [-0.2, -0.15) is 0 Å². The summed E-state index contributed by atoms with van der Waals surface area (Å²) < 4.78 is 28.6. The van der Waals surface area contributed by atoms with E-state index >= 15 is 4.39 Å². The molecule has 4 aromatic rings. The smallest absolute Gasteiger partial charge is 0.350 e. The number of methoxy groups -OCH3 is 1. The molecule has 0 fully saturated rings. The number of hydrogen-bond acceptors (Lipinski definition) is 8. The lowest BCUT2D eigenvalue weighted by Gasteiger charge is -2.22. The van der Waals surface area contributed by atoms with Crippen molar-refractivity contribution >= 4 is 5.84 Å². The molecule has 2 aromatic carbocycles. The number of nitrogens with one attached hydrogen (secondary N) is 2. The van der Waals surface area contributed by atoms with Gasteiger partial charge in [0.05, 0.1) is 13.0 Å². The van der Waals surface area contributed by atoms with Gasteiger partial charge < -0.3 is 20.1 Å². The van der Waals surface area contributed by atoms with Crippen molar-refractivity contribution in [3.05, 3.63) is 93.7 Å². The number of halogens is 1. The van der Waals surface area contributed by atoms with Crippen LogP contribution in [0.2, 0.25) is 0 Å². The average Bonchev–Trinajstić information content (AvgIpc) is 3.30. The maximum Gasteiger partial charge on any atom is 0.350 e. The van der Waals surface area contributed by atoms with E-state index in [1.54, 1.807) is 36.4 Å². The summed E-state index contributed by atoms with van der Waals surface area (Å²) in [6, 6.07) is 11.7. The molecular formula is C27H31FN8O3. The van der Waals surface area contributed by atoms with Crippen LogP contribution in [0.1, 0.15) is 35.4 Å². The zero-order valence-corrected chi connectivity index (χ0v) is 22.2. The molecule has 0 aliphatic carbocycles. The zero-order valence-electron chi connectivity index (χ0n) is 22.2. The molecule has 12 heteroatoms. The van der Waals surface area contributed by atoms with Crippen LogP contribution in [0.3, 0.4) is 0 Å². The molecule has 11 nitrogen and oxygen atoms in total. The number of amidine groups is 1. The molecule has 0 spiro atoms. The van der Waals surface area contributed by atoms with Gasteiger partial charge in [-0.3, -0.25) is 10.4 Å². The van der Waals surface area contributed by atoms with Gasteiger partial charge in [0.2, 0.25) is 0 Å². The van der Waals surface area contributed by atoms with E-state index in [9.17, 15) is 4.79 Å². The van der Waals surface area contributed by atoms with Gasteiger partial charge in [0.25, 0.3) is 5.95 Å². The zero-order chi connectivity index (χ0) is 28.1. The van der Waals surface area contributed by atoms with E-state index in [4.69, 9.17) is 20.6 Å². The molecule has 0 bridgehead atoms. The number of hydrogen-bond donors (Lipinski definition) is 3. The molecule has 2 atom stereocenters. The lowest BCUT2D eigenvalue weighted by molar-refractivity contribution is 0.169. The number of benzene rings is 2. The fourth-order valence-corrected chi connectivity index (χ4v) is 4.26. The van der Waals surface area contributed by atoms with Crippen LogP contribution in [-0.2, 0) is 6.42 Å². The minimum Gasteiger partial charge on any atom is -0.497 e. The number of nitrogens with zero attached hydrogens (tertiary/aromatic N) is 5. The Bertz CT molecular complexity index is 1490. The highest BCUT2D eigenvalue weighted by atomic mass is 19.1. The minimum absolute atomic E-state index is 0.0313. The summed E-state index contributed by atoms with van der Waals surface area (Å²) in [5.41, 5.74) is 6.63. The number of likely N-dealkylation sites (N-methyl/N-ethyl adjacent to an activating group) is 1. The molecule has 4 N–H and O–H groups in total. The minimum atomic E-state index is -0.743. The Kier molecular flexibility index (Phi) is 8.35. The molecule has 2 heterocycles. The lowest BCUT2D eigenvalue weighted by atomic mass is 9.90. The summed E-state index contributed by atoms with van der Waals surface area (Å²) in [7, 11) is 5.30. The van der Waals surface area contributed by atoms with Crippen molar-refractivity contribution in [1.82, 2.24) is 29.6 Å². The fourth-order valence-electron chi connectivity index (χ4n) is 4.26. The molecule has 0 aliphatic heterocycles. The SMILES string of the molecule is COc1cc(OC(C)CN(C)C)c(F)c(C(Cc2ccc(C(=N)N)cc2)c2nn(-c3ncccn3)c(=O)[nH]2)c1. The van der Waals surface area contributed by atoms with E-state index in [2.05, 4.69) is 20.1 Å². The fraction of sp³-hybridized carbons (Fsp3) is 0.296. The highest BCUT2D eigenvalue weighted by molar-refractivity contribution is 5.94. The van der Waals surface area contributed by atoms with Gasteiger partial charge in [0, 0.05) is 36.1 Å². The second-order valence-electron chi connectivity index (χ2n) is 9.36. The molecule has 204 valence electrons. The van der Waals surface area contributed by atoms with Crippen molar-refractivity contribution in [2.45, 2.75) is 25.4 Å². The summed E-state index contributed by atoms with van der Waals surface area (Å²) >= 11 is 0. The normalized spacial score (nSPS) is 12.8. The standard InChI is InChI=1S/C27H31FN8O3/c1-16(15-35(2)3)39-22-14-19(38-4)13-20(23(22)28)21(12-17-6-8-18(9-7-17)24(29)30)25-33-27(37)36(34-25)26-31-10-5-11-32-26/h5-11,13-14,16,21H,12,15H2,1-4H3,(H3,29,30)(H,33,34,37). The number of rotatable bonds is 11. The largest absolute Gasteiger partial charge is 0.497 e. The number of nitrogen functional groups attached to an aromatic ring is 1. The summed E-state index contributed by atoms with van der Waals surface area (Å²) in [4.78, 5) is 25.7. The van der Waals surface area contributed by atoms with Crippen LogP contribution in [0.25, 0.3) is 5.95 Å². The van der Waals surface area contributed by atoms with Crippen molar-refractivity contribution in [3.63, 3.8) is 0 Å². The molecule has 2 aromatic heterocycles. The Hall–Kier alpha value is -4.58. The first kappa shape index (κ1) is 27.5. The van der Waals surface area contributed by atoms with E-state index in [-0.39, 0.29) is 41.4 Å². The highest BCUT2D eigenvalue weighted by Gasteiger charge is 2.27. The molecule has 0 saturated heterocycles. The van der Waals surface area contributed by atoms with Crippen molar-refractivity contribution in [1.29, 1.82) is 5.41 Å². The first-order valence-electron chi connectivity index (χ1n) is 12.2. The number of H-pyrrole nitrogens is 1. The van der Waals surface area contributed by atoms with E-state index in [1.807, 2.05) is 25.9 Å². The van der Waals surface area contributed by atoms with Gasteiger partial charge in [-0.25, -0.2) is 19.2 Å². The second-order valence-corrected chi connectivity index (χ2v) is 9.36. The molecule has 39 heavy (non-hydrogen) atoms. The first-order valence-corrected chi connectivity index (χ1v) is 12.2. The van der Waals surface area contributed by atoms with Crippen LogP contribution in [-0.4, -0.2) is 69.3 Å². The molecular weight excluding hydrogens is 503 g/mol. The van der Waals surface area contributed by atoms with Crippen molar-refractivity contribution in [2.75, 3.05) is 27.7 Å². The lowest BCUT2D eigenvalue weighted by Crippen LogP contribution is -2.28. The number of nitrogens with two attached hydrogens (primary N) is 1. The maximum atomic E-state index is 16.1. The van der Waals surface area contributed by atoms with Gasteiger partial charge >= 0.3 is 5.69 Å². The van der Waals surface area contributed by atoms with Gasteiger partial charge in [0.15, 0.2) is 11.6 Å². The van der Waals surface area contributed by atoms with Gasteiger partial charge in [-0.1, -0.05) is 24.3 Å². The predicted molar refractivity (Wildman–Crippen MR) is 144 cm³/mol. The second kappa shape index (κ2) is 11.9. The average molecular weight is 535 g/mol. The summed E-state index contributed by atoms with van der Waals surface area (Å²) in [6.07, 6.45) is 2.95. The number of ether oxygens (including phenoxy) is 2. The number of aromatic nitrogens is 5. The Balaban J connectivity index is 1.82. The van der Waals surface area contributed by atoms with Crippen LogP contribution in [0.5, 0.6) is 11.5 Å². The van der Waals surface area contributed by atoms with Crippen LogP contribution >= 0.6 is 0 Å². The van der Waals surface area contributed by atoms with Gasteiger partial charge in [0.1, 0.15) is 23.5 Å². The summed E-state index contributed by atoms with van der Waals surface area (Å²) in [5, 5.41) is 12.1. The van der Waals surface area contributed by atoms with Crippen LogP contribution in [0, 0.1) is 11.2 Å². The summed E-state index contributed by atoms with van der Waals surface area (Å²) in [5.74, 6) is -0.667. The van der Waals surface area contributed by atoms with Crippen molar-refractivity contribution < 1.29 is 13.9 Å². The van der Waals surface area contributed by atoms with E-state index in [0.29, 0.717) is 17.9 Å². The molecule has 0 saturated carbocycles. The third-order valence-electron chi connectivity index (χ3n) is 6.01. The van der Waals surface area contributed by atoms with E-state index < -0.39 is 17.4 Å². The summed E-state index contributed by atoms with van der Waals surface area (Å²) in [6.45, 7) is 2.43. The van der Waals surface area contributed by atoms with Crippen molar-refractivity contribution in [2.24, 2.45) is 5.73 Å². The molecule has 2 unspecified atom stereocenters. The Morgan fingerprint density at radius 1 is 1.21 bits per heavy atom. The van der Waals surface area contributed by atoms with E-state index in [0.717, 1.165) is 10.2 Å². The van der Waals surface area contributed by atoms with E-state index in [1.165, 1.54) is 25.6 Å².